The van der Waals surface area contributed by atoms with Gasteiger partial charge in [-0.15, -0.1) is 0 Å². The maximum absolute atomic E-state index is 14.0. The molecule has 1 aliphatic rings. The summed E-state index contributed by atoms with van der Waals surface area (Å²) >= 11 is 0. The molecule has 1 fully saturated rings. The molecule has 0 aromatic carbocycles. The molecule has 0 aromatic rings. The van der Waals surface area contributed by atoms with E-state index in [0.29, 0.717) is 25.7 Å². The Balaban J connectivity index is 2.67. The van der Waals surface area contributed by atoms with E-state index in [2.05, 4.69) is 6.58 Å². The van der Waals surface area contributed by atoms with Crippen LogP contribution in [0.5, 0.6) is 0 Å². The van der Waals surface area contributed by atoms with Gasteiger partial charge in [0.1, 0.15) is 0 Å². The van der Waals surface area contributed by atoms with Gasteiger partial charge in [0, 0.05) is 5.92 Å². The van der Waals surface area contributed by atoms with Crippen LogP contribution in [-0.2, 0) is 4.79 Å². The molecule has 0 amide bonds. The van der Waals surface area contributed by atoms with Crippen LogP contribution in [0.1, 0.15) is 39.5 Å². The number of alkyl halides is 1. The molecule has 0 heterocycles. The molecule has 0 atom stereocenters. The minimum atomic E-state index is -1.56. The van der Waals surface area contributed by atoms with Crippen LogP contribution in [0.15, 0.2) is 12.2 Å². The summed E-state index contributed by atoms with van der Waals surface area (Å²) in [5.41, 5.74) is -0.486. The Morgan fingerprint density at radius 1 is 1.46 bits per heavy atom. The zero-order valence-corrected chi connectivity index (χ0v) is 8.40. The fraction of sp³-hybridized carbons (Fsp3) is 0.727. The van der Waals surface area contributed by atoms with E-state index in [1.165, 1.54) is 0 Å². The van der Waals surface area contributed by atoms with Crippen molar-refractivity contribution in [3.8, 4) is 0 Å². The van der Waals surface area contributed by atoms with Crippen LogP contribution in [0.3, 0.4) is 0 Å². The molecule has 1 rings (SSSR count). The largest absolute Gasteiger partial charge is 0.296 e. The Morgan fingerprint density at radius 3 is 2.31 bits per heavy atom. The molecule has 0 bridgehead atoms. The molecule has 0 unspecified atom stereocenters. The number of carbonyl (C=O) groups excluding carboxylic acids is 1. The summed E-state index contributed by atoms with van der Waals surface area (Å²) in [6.07, 6.45) is 2.00. The van der Waals surface area contributed by atoms with Gasteiger partial charge in [0.15, 0.2) is 11.5 Å². The molecule has 74 valence electrons. The molecule has 0 aliphatic heterocycles. The Kier molecular flexibility index (Phi) is 2.89. The summed E-state index contributed by atoms with van der Waals surface area (Å²) < 4.78 is 14.0. The van der Waals surface area contributed by atoms with Crippen LogP contribution >= 0.6 is 0 Å². The number of ketones is 1. The third-order valence-electron chi connectivity index (χ3n) is 2.72. The summed E-state index contributed by atoms with van der Waals surface area (Å²) in [7, 11) is 0. The second-order valence-electron chi connectivity index (χ2n) is 4.23. The monoisotopic (exact) mass is 184 g/mol. The SMILES string of the molecule is C=C1CCC(F)(C(=O)C(C)C)CC1. The third-order valence-corrected chi connectivity index (χ3v) is 2.72. The van der Waals surface area contributed by atoms with Crippen LogP contribution in [0.25, 0.3) is 0 Å². The van der Waals surface area contributed by atoms with Crippen molar-refractivity contribution in [2.24, 2.45) is 5.92 Å². The van der Waals surface area contributed by atoms with E-state index in [-0.39, 0.29) is 11.7 Å². The quantitative estimate of drug-likeness (QED) is 0.603. The van der Waals surface area contributed by atoms with E-state index in [1.807, 2.05) is 0 Å². The number of Topliss-reactive ketones (excluding diaryl/α,β-unsaturated/α-hetero) is 1. The second kappa shape index (κ2) is 3.60. The fourth-order valence-electron chi connectivity index (χ4n) is 1.76. The number of rotatable bonds is 2. The average Bonchev–Trinajstić information content (AvgIpc) is 2.09. The van der Waals surface area contributed by atoms with Gasteiger partial charge in [-0.25, -0.2) is 4.39 Å². The smallest absolute Gasteiger partial charge is 0.172 e. The van der Waals surface area contributed by atoms with Crippen molar-refractivity contribution >= 4 is 5.78 Å². The standard InChI is InChI=1S/C11H17FO/c1-8(2)10(13)11(12)6-4-9(3)5-7-11/h8H,3-7H2,1-2H3. The van der Waals surface area contributed by atoms with E-state index in [0.717, 1.165) is 5.57 Å². The van der Waals surface area contributed by atoms with Gasteiger partial charge in [-0.05, 0) is 25.7 Å². The lowest BCUT2D eigenvalue weighted by molar-refractivity contribution is -0.135. The maximum atomic E-state index is 14.0. The van der Waals surface area contributed by atoms with Crippen LogP contribution < -0.4 is 0 Å². The van der Waals surface area contributed by atoms with Crippen molar-refractivity contribution < 1.29 is 9.18 Å². The third kappa shape index (κ3) is 2.17. The maximum Gasteiger partial charge on any atom is 0.172 e. The normalized spacial score (nSPS) is 22.0. The van der Waals surface area contributed by atoms with Crippen LogP contribution in [0, 0.1) is 5.92 Å². The number of hydrogen-bond acceptors (Lipinski definition) is 1. The van der Waals surface area contributed by atoms with Gasteiger partial charge in [0.25, 0.3) is 0 Å². The van der Waals surface area contributed by atoms with E-state index in [1.54, 1.807) is 13.8 Å². The van der Waals surface area contributed by atoms with E-state index in [4.69, 9.17) is 0 Å². The fourth-order valence-corrected chi connectivity index (χ4v) is 1.76. The van der Waals surface area contributed by atoms with Gasteiger partial charge in [0.2, 0.25) is 0 Å². The molecule has 0 N–H and O–H groups in total. The first-order chi connectivity index (χ1) is 5.96. The zero-order chi connectivity index (χ0) is 10.1. The number of halogens is 1. The zero-order valence-electron chi connectivity index (χ0n) is 8.40. The van der Waals surface area contributed by atoms with E-state index >= 15 is 0 Å². The highest BCUT2D eigenvalue weighted by molar-refractivity contribution is 5.89. The van der Waals surface area contributed by atoms with Crippen molar-refractivity contribution in [3.05, 3.63) is 12.2 Å². The summed E-state index contributed by atoms with van der Waals surface area (Å²) in [6, 6.07) is 0. The Labute approximate surface area is 79.0 Å². The molecule has 1 nitrogen and oxygen atoms in total. The lowest BCUT2D eigenvalue weighted by atomic mass is 9.78. The van der Waals surface area contributed by atoms with E-state index < -0.39 is 5.67 Å². The predicted octanol–water partition coefficient (Wildman–Crippen LogP) is 3.05. The van der Waals surface area contributed by atoms with Crippen molar-refractivity contribution in [3.63, 3.8) is 0 Å². The number of hydrogen-bond donors (Lipinski definition) is 0. The van der Waals surface area contributed by atoms with Gasteiger partial charge < -0.3 is 0 Å². The molecule has 1 aliphatic carbocycles. The molecule has 0 aromatic heterocycles. The molecule has 13 heavy (non-hydrogen) atoms. The summed E-state index contributed by atoms with van der Waals surface area (Å²) in [6.45, 7) is 7.32. The van der Waals surface area contributed by atoms with E-state index in [9.17, 15) is 9.18 Å². The summed E-state index contributed by atoms with van der Waals surface area (Å²) in [5.74, 6) is -0.434. The molecule has 2 heteroatoms. The van der Waals surface area contributed by atoms with Crippen molar-refractivity contribution in [1.29, 1.82) is 0 Å². The lowest BCUT2D eigenvalue weighted by Crippen LogP contribution is -2.39. The highest BCUT2D eigenvalue weighted by atomic mass is 19.1. The number of carbonyl (C=O) groups is 1. The van der Waals surface area contributed by atoms with Gasteiger partial charge in [0.05, 0.1) is 0 Å². The van der Waals surface area contributed by atoms with Crippen molar-refractivity contribution in [2.75, 3.05) is 0 Å². The number of allylic oxidation sites excluding steroid dienone is 1. The van der Waals surface area contributed by atoms with Crippen molar-refractivity contribution in [1.82, 2.24) is 0 Å². The molecular formula is C11H17FO. The van der Waals surface area contributed by atoms with Crippen LogP contribution in [0.4, 0.5) is 4.39 Å². The Bertz CT molecular complexity index is 220. The lowest BCUT2D eigenvalue weighted by Gasteiger charge is -2.30. The van der Waals surface area contributed by atoms with Crippen molar-refractivity contribution in [2.45, 2.75) is 45.2 Å². The summed E-state index contributed by atoms with van der Waals surface area (Å²) in [4.78, 5) is 11.5. The second-order valence-corrected chi connectivity index (χ2v) is 4.23. The highest BCUT2D eigenvalue weighted by Gasteiger charge is 2.40. The first-order valence-electron chi connectivity index (χ1n) is 4.85. The van der Waals surface area contributed by atoms with Crippen LogP contribution in [0.2, 0.25) is 0 Å². The average molecular weight is 184 g/mol. The van der Waals surface area contributed by atoms with Gasteiger partial charge >= 0.3 is 0 Å². The van der Waals surface area contributed by atoms with Crippen LogP contribution in [-0.4, -0.2) is 11.5 Å². The molecule has 1 saturated carbocycles. The predicted molar refractivity (Wildman–Crippen MR) is 51.3 cm³/mol. The minimum absolute atomic E-state index is 0.198. The van der Waals surface area contributed by atoms with Gasteiger partial charge in [-0.3, -0.25) is 4.79 Å². The summed E-state index contributed by atoms with van der Waals surface area (Å²) in [5, 5.41) is 0. The molecule has 0 radical (unpaired) electrons. The highest BCUT2D eigenvalue weighted by Crippen LogP contribution is 2.36. The molecule has 0 saturated heterocycles. The molecular weight excluding hydrogens is 167 g/mol. The topological polar surface area (TPSA) is 17.1 Å². The molecule has 0 spiro atoms. The first kappa shape index (κ1) is 10.4. The Morgan fingerprint density at radius 2 is 1.92 bits per heavy atom. The first-order valence-corrected chi connectivity index (χ1v) is 4.85. The van der Waals surface area contributed by atoms with Gasteiger partial charge in [-0.2, -0.15) is 0 Å². The van der Waals surface area contributed by atoms with Gasteiger partial charge in [-0.1, -0.05) is 26.0 Å². The minimum Gasteiger partial charge on any atom is -0.296 e. The Hall–Kier alpha value is -0.660.